The summed E-state index contributed by atoms with van der Waals surface area (Å²) in [6, 6.07) is 14.3. The molecule has 22 heavy (non-hydrogen) atoms. The van der Waals surface area contributed by atoms with Crippen LogP contribution in [0.1, 0.15) is 13.8 Å². The van der Waals surface area contributed by atoms with Crippen LogP contribution in [0, 0.1) is 0 Å². The van der Waals surface area contributed by atoms with Gasteiger partial charge in [0.15, 0.2) is 6.10 Å². The van der Waals surface area contributed by atoms with Gasteiger partial charge in [0.05, 0.1) is 11.6 Å². The number of para-hydroxylation sites is 1. The lowest BCUT2D eigenvalue weighted by Gasteiger charge is -2.16. The third-order valence-corrected chi connectivity index (χ3v) is 3.23. The molecule has 2 rings (SSSR count). The maximum atomic E-state index is 12.2. The predicted octanol–water partition coefficient (Wildman–Crippen LogP) is 4.14. The van der Waals surface area contributed by atoms with Crippen LogP contribution in [0.15, 0.2) is 48.5 Å². The monoisotopic (exact) mass is 319 g/mol. The van der Waals surface area contributed by atoms with Crippen molar-refractivity contribution in [3.05, 3.63) is 53.6 Å². The molecule has 116 valence electrons. The maximum absolute atomic E-state index is 12.2. The Morgan fingerprint density at radius 3 is 2.73 bits per heavy atom. The van der Waals surface area contributed by atoms with Crippen molar-refractivity contribution >= 4 is 23.2 Å². The summed E-state index contributed by atoms with van der Waals surface area (Å²) in [6.07, 6.45) is -0.671. The zero-order chi connectivity index (χ0) is 15.9. The zero-order valence-electron chi connectivity index (χ0n) is 12.5. The largest absolute Gasteiger partial charge is 0.494 e. The van der Waals surface area contributed by atoms with Crippen molar-refractivity contribution in [1.82, 2.24) is 0 Å². The fourth-order valence-corrected chi connectivity index (χ4v) is 2.04. The Labute approximate surface area is 135 Å². The number of carbonyl (C=O) groups is 1. The van der Waals surface area contributed by atoms with Crippen molar-refractivity contribution in [3.8, 4) is 11.5 Å². The first-order valence-corrected chi connectivity index (χ1v) is 7.43. The van der Waals surface area contributed by atoms with Gasteiger partial charge in [0, 0.05) is 11.8 Å². The molecule has 0 fully saturated rings. The van der Waals surface area contributed by atoms with Crippen molar-refractivity contribution in [2.45, 2.75) is 20.0 Å². The van der Waals surface area contributed by atoms with Crippen molar-refractivity contribution in [2.75, 3.05) is 11.9 Å². The normalized spacial score (nSPS) is 11.6. The van der Waals surface area contributed by atoms with Gasteiger partial charge in [-0.3, -0.25) is 4.79 Å². The molecule has 1 N–H and O–H groups in total. The van der Waals surface area contributed by atoms with Gasteiger partial charge in [0.2, 0.25) is 0 Å². The molecule has 0 aliphatic heterocycles. The van der Waals surface area contributed by atoms with Crippen LogP contribution < -0.4 is 14.8 Å². The molecule has 1 atom stereocenters. The highest BCUT2D eigenvalue weighted by molar-refractivity contribution is 6.32. The minimum absolute atomic E-state index is 0.256. The molecule has 2 aromatic rings. The van der Waals surface area contributed by atoms with Crippen LogP contribution in [0.3, 0.4) is 0 Å². The van der Waals surface area contributed by atoms with E-state index in [1.807, 2.05) is 19.1 Å². The first-order valence-electron chi connectivity index (χ1n) is 7.05. The summed E-state index contributed by atoms with van der Waals surface area (Å²) < 4.78 is 11.0. The lowest BCUT2D eigenvalue weighted by Crippen LogP contribution is -2.30. The van der Waals surface area contributed by atoms with Gasteiger partial charge in [0.1, 0.15) is 11.5 Å². The summed E-state index contributed by atoms with van der Waals surface area (Å²) in [6.45, 7) is 4.15. The standard InChI is InChI=1S/C17H18ClNO3/c1-3-21-14-8-6-7-13(11-14)19-17(20)12(2)22-16-10-5-4-9-15(16)18/h4-12H,3H2,1-2H3,(H,19,20). The lowest BCUT2D eigenvalue weighted by atomic mass is 10.2. The average molecular weight is 320 g/mol. The van der Waals surface area contributed by atoms with Gasteiger partial charge < -0.3 is 14.8 Å². The number of amides is 1. The average Bonchev–Trinajstić information content (AvgIpc) is 2.50. The second-order valence-corrected chi connectivity index (χ2v) is 5.05. The molecular formula is C17H18ClNO3. The van der Waals surface area contributed by atoms with Crippen LogP contribution in [0.4, 0.5) is 5.69 Å². The zero-order valence-corrected chi connectivity index (χ0v) is 13.3. The van der Waals surface area contributed by atoms with E-state index in [-0.39, 0.29) is 5.91 Å². The van der Waals surface area contributed by atoms with Gasteiger partial charge in [-0.05, 0) is 38.1 Å². The number of halogens is 1. The Hall–Kier alpha value is -2.20. The summed E-state index contributed by atoms with van der Waals surface area (Å²) in [5.41, 5.74) is 0.658. The molecular weight excluding hydrogens is 302 g/mol. The molecule has 1 amide bonds. The topological polar surface area (TPSA) is 47.6 Å². The molecule has 5 heteroatoms. The fourth-order valence-electron chi connectivity index (χ4n) is 1.86. The minimum Gasteiger partial charge on any atom is -0.494 e. The highest BCUT2D eigenvalue weighted by atomic mass is 35.5. The number of anilines is 1. The number of nitrogens with one attached hydrogen (secondary N) is 1. The Kier molecular flexibility index (Phi) is 5.67. The van der Waals surface area contributed by atoms with Gasteiger partial charge >= 0.3 is 0 Å². The van der Waals surface area contributed by atoms with Crippen LogP contribution in [0.5, 0.6) is 11.5 Å². The summed E-state index contributed by atoms with van der Waals surface area (Å²) >= 11 is 6.02. The Morgan fingerprint density at radius 1 is 1.23 bits per heavy atom. The molecule has 0 bridgehead atoms. The SMILES string of the molecule is CCOc1cccc(NC(=O)C(C)Oc2ccccc2Cl)c1. The van der Waals surface area contributed by atoms with Crippen molar-refractivity contribution in [2.24, 2.45) is 0 Å². The third-order valence-electron chi connectivity index (χ3n) is 2.92. The Balaban J connectivity index is 1.99. The number of benzene rings is 2. The first kappa shape index (κ1) is 16.2. The molecule has 0 saturated carbocycles. The number of carbonyl (C=O) groups excluding carboxylic acids is 1. The van der Waals surface area contributed by atoms with E-state index in [2.05, 4.69) is 5.32 Å². The van der Waals surface area contributed by atoms with E-state index in [1.54, 1.807) is 43.3 Å². The van der Waals surface area contributed by atoms with E-state index in [0.29, 0.717) is 28.8 Å². The second kappa shape index (κ2) is 7.71. The third kappa shape index (κ3) is 4.40. The van der Waals surface area contributed by atoms with Gasteiger partial charge in [-0.1, -0.05) is 29.8 Å². The molecule has 0 spiro atoms. The number of rotatable bonds is 6. The number of ether oxygens (including phenoxy) is 2. The van der Waals surface area contributed by atoms with Crippen molar-refractivity contribution in [3.63, 3.8) is 0 Å². The van der Waals surface area contributed by atoms with Crippen LogP contribution in [0.25, 0.3) is 0 Å². The van der Waals surface area contributed by atoms with Crippen LogP contribution in [0.2, 0.25) is 5.02 Å². The first-order chi connectivity index (χ1) is 10.6. The lowest BCUT2D eigenvalue weighted by molar-refractivity contribution is -0.122. The van der Waals surface area contributed by atoms with E-state index < -0.39 is 6.10 Å². The quantitative estimate of drug-likeness (QED) is 0.870. The van der Waals surface area contributed by atoms with Crippen molar-refractivity contribution < 1.29 is 14.3 Å². The molecule has 0 aliphatic carbocycles. The fraction of sp³-hybridized carbons (Fsp3) is 0.235. The van der Waals surface area contributed by atoms with Gasteiger partial charge in [-0.15, -0.1) is 0 Å². The van der Waals surface area contributed by atoms with E-state index in [0.717, 1.165) is 0 Å². The summed E-state index contributed by atoms with van der Waals surface area (Å²) in [5.74, 6) is 0.934. The molecule has 0 aromatic heterocycles. The van der Waals surface area contributed by atoms with E-state index in [4.69, 9.17) is 21.1 Å². The molecule has 0 aliphatic rings. The highest BCUT2D eigenvalue weighted by Crippen LogP contribution is 2.24. The molecule has 4 nitrogen and oxygen atoms in total. The van der Waals surface area contributed by atoms with Crippen molar-refractivity contribution in [1.29, 1.82) is 0 Å². The summed E-state index contributed by atoms with van der Waals surface area (Å²) in [7, 11) is 0. The summed E-state index contributed by atoms with van der Waals surface area (Å²) in [5, 5.41) is 3.27. The van der Waals surface area contributed by atoms with Crippen LogP contribution in [-0.4, -0.2) is 18.6 Å². The Morgan fingerprint density at radius 2 is 2.00 bits per heavy atom. The molecule has 0 saturated heterocycles. The second-order valence-electron chi connectivity index (χ2n) is 4.64. The highest BCUT2D eigenvalue weighted by Gasteiger charge is 2.16. The maximum Gasteiger partial charge on any atom is 0.265 e. The molecule has 2 aromatic carbocycles. The smallest absolute Gasteiger partial charge is 0.265 e. The van der Waals surface area contributed by atoms with Gasteiger partial charge in [-0.25, -0.2) is 0 Å². The molecule has 1 unspecified atom stereocenters. The Bertz CT molecular complexity index is 645. The van der Waals surface area contributed by atoms with Crippen LogP contribution in [-0.2, 0) is 4.79 Å². The summed E-state index contributed by atoms with van der Waals surface area (Å²) in [4.78, 5) is 12.2. The van der Waals surface area contributed by atoms with E-state index >= 15 is 0 Å². The van der Waals surface area contributed by atoms with Gasteiger partial charge in [0.25, 0.3) is 5.91 Å². The van der Waals surface area contributed by atoms with E-state index in [1.165, 1.54) is 0 Å². The van der Waals surface area contributed by atoms with Gasteiger partial charge in [-0.2, -0.15) is 0 Å². The number of hydrogen-bond acceptors (Lipinski definition) is 3. The minimum atomic E-state index is -0.671. The molecule has 0 radical (unpaired) electrons. The number of hydrogen-bond donors (Lipinski definition) is 1. The van der Waals surface area contributed by atoms with Crippen LogP contribution >= 0.6 is 11.6 Å². The molecule has 0 heterocycles. The van der Waals surface area contributed by atoms with E-state index in [9.17, 15) is 4.79 Å². The predicted molar refractivity (Wildman–Crippen MR) is 87.8 cm³/mol.